The molecule has 1 heterocycles. The van der Waals surface area contributed by atoms with Crippen LogP contribution in [0.1, 0.15) is 36.5 Å². The number of thioether (sulfide) groups is 1. The number of hydrogen-bond acceptors (Lipinski definition) is 5. The monoisotopic (exact) mass is 558 g/mol. The van der Waals surface area contributed by atoms with Crippen molar-refractivity contribution in [1.82, 2.24) is 0 Å². The summed E-state index contributed by atoms with van der Waals surface area (Å²) < 4.78 is 53.5. The van der Waals surface area contributed by atoms with E-state index in [1.54, 1.807) is 30.3 Å². The molecule has 0 spiro atoms. The van der Waals surface area contributed by atoms with Gasteiger partial charge in [-0.05, 0) is 47.9 Å². The van der Waals surface area contributed by atoms with Gasteiger partial charge in [-0.3, -0.25) is 5.41 Å². The van der Waals surface area contributed by atoms with Crippen molar-refractivity contribution in [2.75, 3.05) is 10.8 Å². The maximum atomic E-state index is 13.6. The molecule has 0 saturated carbocycles. The van der Waals surface area contributed by atoms with Gasteiger partial charge in [-0.25, -0.2) is 14.4 Å². The molecule has 0 atom stereocenters. The first-order valence-corrected chi connectivity index (χ1v) is 12.6. The predicted molar refractivity (Wildman–Crippen MR) is 149 cm³/mol. The van der Waals surface area contributed by atoms with Gasteiger partial charge in [-0.1, -0.05) is 55.9 Å². The van der Waals surface area contributed by atoms with E-state index in [1.165, 1.54) is 42.5 Å². The number of nitrogens with zero attached hydrogens (tertiary/aromatic N) is 3. The van der Waals surface area contributed by atoms with E-state index < -0.39 is 6.36 Å². The summed E-state index contributed by atoms with van der Waals surface area (Å²) in [5, 5.41) is 15.2. The topological polar surface area (TPSA) is 111 Å². The van der Waals surface area contributed by atoms with Crippen molar-refractivity contribution in [3.05, 3.63) is 89.2 Å². The maximum Gasteiger partial charge on any atom is 0.573 e. The van der Waals surface area contributed by atoms with Crippen molar-refractivity contribution in [3.8, 4) is 5.75 Å². The molecule has 12 heteroatoms. The number of halogens is 4. The highest BCUT2D eigenvalue weighted by molar-refractivity contribution is 8.16. The number of hydrogen-bond donors (Lipinski definition) is 3. The summed E-state index contributed by atoms with van der Waals surface area (Å²) in [5.41, 5.74) is 9.16. The van der Waals surface area contributed by atoms with Gasteiger partial charge in [0, 0.05) is 17.3 Å². The fraction of sp³-hybridized carbons (Fsp3) is 0.185. The van der Waals surface area contributed by atoms with Gasteiger partial charge in [-0.2, -0.15) is 0 Å². The van der Waals surface area contributed by atoms with Crippen molar-refractivity contribution < 1.29 is 22.3 Å². The number of benzene rings is 3. The molecule has 7 nitrogen and oxygen atoms in total. The Hall–Kier alpha value is -4.19. The van der Waals surface area contributed by atoms with Gasteiger partial charge in [0.2, 0.25) is 0 Å². The van der Waals surface area contributed by atoms with Crippen molar-refractivity contribution in [2.45, 2.75) is 26.1 Å². The third-order valence-electron chi connectivity index (χ3n) is 5.32. The number of amidine groups is 2. The molecule has 4 N–H and O–H groups in total. The molecule has 0 aliphatic carbocycles. The Bertz CT molecular complexity index is 1360. The van der Waals surface area contributed by atoms with E-state index in [0.29, 0.717) is 22.0 Å². The van der Waals surface area contributed by atoms with Gasteiger partial charge >= 0.3 is 6.36 Å². The molecule has 4 rings (SSSR count). The first-order chi connectivity index (χ1) is 18.5. The Labute approximate surface area is 227 Å². The van der Waals surface area contributed by atoms with Crippen LogP contribution in [0.2, 0.25) is 0 Å². The van der Waals surface area contributed by atoms with Crippen LogP contribution in [0.4, 0.5) is 28.9 Å². The average molecular weight is 559 g/mol. The largest absolute Gasteiger partial charge is 0.573 e. The number of rotatable bonds is 7. The lowest BCUT2D eigenvalue weighted by Crippen LogP contribution is -2.38. The molecule has 204 valence electrons. The lowest BCUT2D eigenvalue weighted by molar-refractivity contribution is -0.274. The van der Waals surface area contributed by atoms with Crippen LogP contribution in [-0.4, -0.2) is 35.8 Å². The van der Waals surface area contributed by atoms with Gasteiger partial charge in [0.25, 0.3) is 0 Å². The molecule has 1 aliphatic heterocycles. The molecule has 1 fully saturated rings. The molecule has 0 amide bonds. The van der Waals surface area contributed by atoms with Crippen molar-refractivity contribution in [1.29, 1.82) is 10.8 Å². The second kappa shape index (κ2) is 13.1. The smallest absolute Gasteiger partial charge is 0.406 e. The molecule has 39 heavy (non-hydrogen) atoms. The number of aliphatic imine (C=N–C) groups is 2. The SMILES string of the molecule is CC(C)c1c(F)cccc1N1CSC1=N.N=Cc1ccc(C(N)=NC=Nc2ccc(OC(F)(F)F)cc2)cc1. The highest BCUT2D eigenvalue weighted by atomic mass is 32.2. The zero-order chi connectivity index (χ0) is 28.6. The van der Waals surface area contributed by atoms with Crippen LogP contribution in [0.3, 0.4) is 0 Å². The minimum atomic E-state index is -4.73. The van der Waals surface area contributed by atoms with Crippen LogP contribution in [0.5, 0.6) is 5.75 Å². The number of nitrogens with one attached hydrogen (secondary N) is 2. The van der Waals surface area contributed by atoms with Crippen LogP contribution in [0.15, 0.2) is 76.7 Å². The Kier molecular flexibility index (Phi) is 9.83. The number of alkyl halides is 3. The van der Waals surface area contributed by atoms with Crippen molar-refractivity contribution >= 4 is 46.7 Å². The summed E-state index contributed by atoms with van der Waals surface area (Å²) >= 11 is 1.48. The molecule has 0 unspecified atom stereocenters. The van der Waals surface area contributed by atoms with Crippen molar-refractivity contribution in [3.63, 3.8) is 0 Å². The first kappa shape index (κ1) is 29.4. The number of ether oxygens (including phenoxy) is 1. The van der Waals surface area contributed by atoms with E-state index >= 15 is 0 Å². The zero-order valence-corrected chi connectivity index (χ0v) is 21.9. The standard InChI is InChI=1S/C16H13F3N4O.C11H13FN2S/c17-16(18,19)24-14-7-5-13(6-8-14)22-10-23-15(21)12-3-1-11(9-20)2-4-12;1-7(2)10-8(12)4-3-5-9(10)14-6-15-11(14)13/h1-10,20H,(H2,21,22,23);3-5,7,13H,6H2,1-2H3. The van der Waals surface area contributed by atoms with Crippen molar-refractivity contribution in [2.24, 2.45) is 15.7 Å². The molecule has 3 aromatic rings. The molecular weight excluding hydrogens is 532 g/mol. The van der Waals surface area contributed by atoms with E-state index in [2.05, 4.69) is 14.7 Å². The Morgan fingerprint density at radius 3 is 2.26 bits per heavy atom. The minimum absolute atomic E-state index is 0.139. The van der Waals surface area contributed by atoms with Gasteiger partial charge in [0.1, 0.15) is 23.7 Å². The molecule has 0 radical (unpaired) electrons. The molecule has 1 saturated heterocycles. The fourth-order valence-electron chi connectivity index (χ4n) is 3.42. The second-order valence-corrected chi connectivity index (χ2v) is 9.33. The minimum Gasteiger partial charge on any atom is -0.406 e. The average Bonchev–Trinajstić information content (AvgIpc) is 2.88. The molecule has 0 aromatic heterocycles. The van der Waals surface area contributed by atoms with Gasteiger partial charge in [0.05, 0.1) is 17.3 Å². The highest BCUT2D eigenvalue weighted by Crippen LogP contribution is 2.36. The summed E-state index contributed by atoms with van der Waals surface area (Å²) in [4.78, 5) is 9.78. The van der Waals surface area contributed by atoms with Crippen LogP contribution < -0.4 is 15.4 Å². The van der Waals surface area contributed by atoms with Crippen LogP contribution in [0.25, 0.3) is 0 Å². The lowest BCUT2D eigenvalue weighted by Gasteiger charge is -2.34. The van der Waals surface area contributed by atoms with E-state index in [-0.39, 0.29) is 23.3 Å². The lowest BCUT2D eigenvalue weighted by atomic mass is 10.00. The quantitative estimate of drug-likeness (QED) is 0.164. The Balaban J connectivity index is 0.000000239. The number of anilines is 1. The second-order valence-electron chi connectivity index (χ2n) is 8.40. The molecular formula is C27H26F4N6OS. The first-order valence-electron chi connectivity index (χ1n) is 11.6. The van der Waals surface area contributed by atoms with Crippen LogP contribution in [0, 0.1) is 16.6 Å². The zero-order valence-electron chi connectivity index (χ0n) is 21.0. The summed E-state index contributed by atoms with van der Waals surface area (Å²) in [6.07, 6.45) is -2.30. The van der Waals surface area contributed by atoms with E-state index in [0.717, 1.165) is 29.3 Å². The van der Waals surface area contributed by atoms with Crippen LogP contribution in [-0.2, 0) is 0 Å². The normalized spacial score (nSPS) is 13.7. The molecule has 1 aliphatic rings. The predicted octanol–water partition coefficient (Wildman–Crippen LogP) is 7.04. The Morgan fingerprint density at radius 1 is 1.08 bits per heavy atom. The van der Waals surface area contributed by atoms with Crippen LogP contribution >= 0.6 is 11.8 Å². The van der Waals surface area contributed by atoms with E-state index in [1.807, 2.05) is 24.8 Å². The summed E-state index contributed by atoms with van der Waals surface area (Å²) in [6.45, 7) is 3.94. The highest BCUT2D eigenvalue weighted by Gasteiger charge is 2.31. The van der Waals surface area contributed by atoms with E-state index in [4.69, 9.17) is 16.6 Å². The summed E-state index contributed by atoms with van der Waals surface area (Å²) in [7, 11) is 0. The third kappa shape index (κ3) is 8.40. The van der Waals surface area contributed by atoms with E-state index in [9.17, 15) is 17.6 Å². The molecule has 0 bridgehead atoms. The third-order valence-corrected chi connectivity index (χ3v) is 6.20. The summed E-state index contributed by atoms with van der Waals surface area (Å²) in [5.74, 6) is 0.622. The molecule has 3 aromatic carbocycles. The number of nitrogens with two attached hydrogens (primary N) is 1. The van der Waals surface area contributed by atoms with Gasteiger partial charge in [-0.15, -0.1) is 13.2 Å². The summed E-state index contributed by atoms with van der Waals surface area (Å²) in [6, 6.07) is 17.0. The Morgan fingerprint density at radius 2 is 1.74 bits per heavy atom. The fourth-order valence-corrected chi connectivity index (χ4v) is 4.05. The van der Waals surface area contributed by atoms with Gasteiger partial charge in [0.15, 0.2) is 5.17 Å². The maximum absolute atomic E-state index is 13.6. The van der Waals surface area contributed by atoms with Gasteiger partial charge < -0.3 is 20.8 Å².